The summed E-state index contributed by atoms with van der Waals surface area (Å²) in [6.07, 6.45) is 2.83. The second-order valence-electron chi connectivity index (χ2n) is 5.03. The molecule has 1 aromatic carbocycles. The van der Waals surface area contributed by atoms with Crippen molar-refractivity contribution in [1.82, 2.24) is 5.32 Å². The molecule has 1 aliphatic rings. The molecular weight excluding hydrogens is 270 g/mol. The summed E-state index contributed by atoms with van der Waals surface area (Å²) < 4.78 is 10.7. The summed E-state index contributed by atoms with van der Waals surface area (Å²) in [7, 11) is 3.74. The summed E-state index contributed by atoms with van der Waals surface area (Å²) in [5, 5.41) is 3.93. The van der Waals surface area contributed by atoms with Crippen LogP contribution in [0.3, 0.4) is 0 Å². The number of aryl methyl sites for hydroxylation is 1. The highest BCUT2D eigenvalue weighted by Crippen LogP contribution is 2.43. The molecule has 0 spiro atoms. The van der Waals surface area contributed by atoms with Crippen molar-refractivity contribution < 1.29 is 9.15 Å². The molecule has 0 fully saturated rings. The lowest BCUT2D eigenvalue weighted by molar-refractivity contribution is 0.413. The Kier molecular flexibility index (Phi) is 3.76. The van der Waals surface area contributed by atoms with Crippen LogP contribution in [0.1, 0.15) is 22.9 Å². The van der Waals surface area contributed by atoms with E-state index < -0.39 is 0 Å². The molecule has 0 saturated heterocycles. The number of methoxy groups -OCH3 is 1. The van der Waals surface area contributed by atoms with Gasteiger partial charge in [0.1, 0.15) is 11.5 Å². The van der Waals surface area contributed by atoms with Gasteiger partial charge in [-0.1, -0.05) is 6.07 Å². The lowest BCUT2D eigenvalue weighted by Crippen LogP contribution is -2.23. The molecule has 1 heterocycles. The van der Waals surface area contributed by atoms with Crippen molar-refractivity contribution in [3.8, 4) is 5.75 Å². The molecule has 3 rings (SSSR count). The first-order valence-electron chi connectivity index (χ1n) is 6.77. The predicted octanol–water partition coefficient (Wildman–Crippen LogP) is 3.57. The normalized spacial score (nSPS) is 20.9. The molecule has 2 atom stereocenters. The maximum Gasteiger partial charge on any atom is 0.119 e. The van der Waals surface area contributed by atoms with Crippen LogP contribution in [-0.2, 0) is 6.42 Å². The maximum atomic E-state index is 5.40. The third-order valence-corrected chi connectivity index (χ3v) is 5.30. The third kappa shape index (κ3) is 2.34. The second kappa shape index (κ2) is 5.54. The van der Waals surface area contributed by atoms with Gasteiger partial charge in [0.2, 0.25) is 0 Å². The van der Waals surface area contributed by atoms with E-state index in [1.54, 1.807) is 13.4 Å². The van der Waals surface area contributed by atoms with E-state index in [0.717, 1.165) is 17.9 Å². The number of fused-ring (bicyclic) bond motifs is 1. The van der Waals surface area contributed by atoms with E-state index in [1.165, 1.54) is 16.0 Å². The highest BCUT2D eigenvalue weighted by molar-refractivity contribution is 8.00. The molecule has 2 aromatic rings. The number of nitrogens with one attached hydrogen (secondary N) is 1. The largest absolute Gasteiger partial charge is 0.497 e. The molecular formula is C16H19NO2S. The molecule has 0 radical (unpaired) electrons. The van der Waals surface area contributed by atoms with Gasteiger partial charge in [0.15, 0.2) is 0 Å². The molecule has 0 saturated carbocycles. The lowest BCUT2D eigenvalue weighted by atomic mass is 10.1. The minimum absolute atomic E-state index is 0.347. The fraction of sp³-hybridized carbons (Fsp3) is 0.375. The van der Waals surface area contributed by atoms with E-state index in [2.05, 4.69) is 23.5 Å². The van der Waals surface area contributed by atoms with E-state index in [9.17, 15) is 0 Å². The Hall–Kier alpha value is -1.39. The van der Waals surface area contributed by atoms with Crippen molar-refractivity contribution in [3.63, 3.8) is 0 Å². The fourth-order valence-corrected chi connectivity index (χ4v) is 4.18. The minimum atomic E-state index is 0.347. The standard InChI is InChI=1S/C16H19NO2S/c1-10-14(6-7-19-10)20-15-8-11-4-5-12(18-3)9-13(11)16(15)17-2/h4-7,9,15-17H,8H2,1-3H3. The number of benzene rings is 1. The van der Waals surface area contributed by atoms with Crippen LogP contribution in [-0.4, -0.2) is 19.4 Å². The van der Waals surface area contributed by atoms with Crippen LogP contribution < -0.4 is 10.1 Å². The predicted molar refractivity (Wildman–Crippen MR) is 81.6 cm³/mol. The molecule has 0 bridgehead atoms. The Morgan fingerprint density at radius 1 is 1.35 bits per heavy atom. The first-order valence-corrected chi connectivity index (χ1v) is 7.65. The van der Waals surface area contributed by atoms with Crippen molar-refractivity contribution >= 4 is 11.8 Å². The molecule has 20 heavy (non-hydrogen) atoms. The van der Waals surface area contributed by atoms with Crippen molar-refractivity contribution in [2.75, 3.05) is 14.2 Å². The molecule has 0 amide bonds. The van der Waals surface area contributed by atoms with Crippen LogP contribution in [0.25, 0.3) is 0 Å². The first kappa shape index (κ1) is 13.6. The Morgan fingerprint density at radius 3 is 2.85 bits per heavy atom. The molecule has 106 valence electrons. The van der Waals surface area contributed by atoms with Gasteiger partial charge in [-0.15, -0.1) is 11.8 Å². The van der Waals surface area contributed by atoms with Crippen LogP contribution in [0, 0.1) is 6.92 Å². The van der Waals surface area contributed by atoms with E-state index >= 15 is 0 Å². The van der Waals surface area contributed by atoms with Gasteiger partial charge in [0, 0.05) is 16.2 Å². The van der Waals surface area contributed by atoms with Crippen LogP contribution in [0.5, 0.6) is 5.75 Å². The molecule has 2 unspecified atom stereocenters. The monoisotopic (exact) mass is 289 g/mol. The average Bonchev–Trinajstić information content (AvgIpc) is 3.02. The molecule has 0 aliphatic heterocycles. The van der Waals surface area contributed by atoms with Crippen molar-refractivity contribution in [1.29, 1.82) is 0 Å². The van der Waals surface area contributed by atoms with Crippen molar-refractivity contribution in [3.05, 3.63) is 47.4 Å². The number of hydrogen-bond donors (Lipinski definition) is 1. The molecule has 4 heteroatoms. The summed E-state index contributed by atoms with van der Waals surface area (Å²) in [4.78, 5) is 1.23. The molecule has 1 N–H and O–H groups in total. The average molecular weight is 289 g/mol. The van der Waals surface area contributed by atoms with Crippen LogP contribution in [0.2, 0.25) is 0 Å². The van der Waals surface area contributed by atoms with Gasteiger partial charge in [-0.05, 0) is 49.7 Å². The van der Waals surface area contributed by atoms with Crippen LogP contribution in [0.15, 0.2) is 39.8 Å². The van der Waals surface area contributed by atoms with Crippen molar-refractivity contribution in [2.24, 2.45) is 0 Å². The highest BCUT2D eigenvalue weighted by atomic mass is 32.2. The summed E-state index contributed by atoms with van der Waals surface area (Å²) >= 11 is 1.89. The van der Waals surface area contributed by atoms with Crippen LogP contribution >= 0.6 is 11.8 Å². The zero-order chi connectivity index (χ0) is 14.1. The van der Waals surface area contributed by atoms with Crippen LogP contribution in [0.4, 0.5) is 0 Å². The Bertz CT molecular complexity index is 608. The smallest absolute Gasteiger partial charge is 0.119 e. The van der Waals surface area contributed by atoms with Gasteiger partial charge < -0.3 is 14.5 Å². The number of thioether (sulfide) groups is 1. The second-order valence-corrected chi connectivity index (χ2v) is 6.31. The van der Waals surface area contributed by atoms with E-state index in [-0.39, 0.29) is 0 Å². The van der Waals surface area contributed by atoms with Gasteiger partial charge >= 0.3 is 0 Å². The maximum absolute atomic E-state index is 5.40. The van der Waals surface area contributed by atoms with Gasteiger partial charge in [-0.2, -0.15) is 0 Å². The van der Waals surface area contributed by atoms with Gasteiger partial charge in [-0.3, -0.25) is 0 Å². The van der Waals surface area contributed by atoms with E-state index in [0.29, 0.717) is 11.3 Å². The van der Waals surface area contributed by atoms with E-state index in [4.69, 9.17) is 9.15 Å². The highest BCUT2D eigenvalue weighted by Gasteiger charge is 2.33. The van der Waals surface area contributed by atoms with Crippen molar-refractivity contribution in [2.45, 2.75) is 29.5 Å². The summed E-state index contributed by atoms with van der Waals surface area (Å²) in [5.41, 5.74) is 2.76. The number of furan rings is 1. The Morgan fingerprint density at radius 2 is 2.20 bits per heavy atom. The zero-order valence-corrected chi connectivity index (χ0v) is 12.8. The topological polar surface area (TPSA) is 34.4 Å². The summed E-state index contributed by atoms with van der Waals surface area (Å²) in [6.45, 7) is 2.02. The Balaban J connectivity index is 1.87. The van der Waals surface area contributed by atoms with Gasteiger partial charge in [0.25, 0.3) is 0 Å². The first-order chi connectivity index (χ1) is 9.72. The lowest BCUT2D eigenvalue weighted by Gasteiger charge is -2.19. The fourth-order valence-electron chi connectivity index (χ4n) is 2.82. The minimum Gasteiger partial charge on any atom is -0.497 e. The number of rotatable bonds is 4. The number of hydrogen-bond acceptors (Lipinski definition) is 4. The Labute approximate surface area is 123 Å². The molecule has 1 aromatic heterocycles. The summed E-state index contributed by atoms with van der Waals surface area (Å²) in [6, 6.07) is 8.78. The number of ether oxygens (including phenoxy) is 1. The third-order valence-electron chi connectivity index (χ3n) is 3.88. The zero-order valence-electron chi connectivity index (χ0n) is 12.0. The summed E-state index contributed by atoms with van der Waals surface area (Å²) in [5.74, 6) is 1.92. The quantitative estimate of drug-likeness (QED) is 0.933. The SMILES string of the molecule is CNC1c2cc(OC)ccc2CC1Sc1ccoc1C. The van der Waals surface area contributed by atoms with E-state index in [1.807, 2.05) is 31.8 Å². The van der Waals surface area contributed by atoms with Gasteiger partial charge in [0.05, 0.1) is 13.4 Å². The molecule has 3 nitrogen and oxygen atoms in total. The van der Waals surface area contributed by atoms with Gasteiger partial charge in [-0.25, -0.2) is 0 Å². The molecule has 1 aliphatic carbocycles.